The van der Waals surface area contributed by atoms with Gasteiger partial charge in [0.2, 0.25) is 18.9 Å². The van der Waals surface area contributed by atoms with Gasteiger partial charge in [-0.25, -0.2) is 19.2 Å². The predicted octanol–water partition coefficient (Wildman–Crippen LogP) is 1.33. The summed E-state index contributed by atoms with van der Waals surface area (Å²) in [6, 6.07) is 0. The number of carboxylic acid groups (broad SMARTS) is 4. The van der Waals surface area contributed by atoms with Gasteiger partial charge in [-0.1, -0.05) is 0 Å². The molecule has 0 aliphatic carbocycles. The number of hydrogen-bond donors (Lipinski definition) is 4. The summed E-state index contributed by atoms with van der Waals surface area (Å²) in [5.41, 5.74) is 0. The molecule has 0 amide bonds. The van der Waals surface area contributed by atoms with Crippen molar-refractivity contribution in [1.29, 1.82) is 0 Å². The highest BCUT2D eigenvalue weighted by Gasteiger charge is 2.35. The van der Waals surface area contributed by atoms with Gasteiger partial charge in [-0.3, -0.25) is 0 Å². The summed E-state index contributed by atoms with van der Waals surface area (Å²) in [4.78, 5) is 40.2. The molecule has 2 rings (SSSR count). The van der Waals surface area contributed by atoms with E-state index in [2.05, 4.69) is 18.9 Å². The first-order chi connectivity index (χ1) is 12.2. The lowest BCUT2D eigenvalue weighted by Gasteiger charge is -2.15. The van der Waals surface area contributed by atoms with Gasteiger partial charge in [-0.05, 0) is 0 Å². The van der Waals surface area contributed by atoms with Gasteiger partial charge >= 0.3 is 24.6 Å². The van der Waals surface area contributed by atoms with E-state index in [4.69, 9.17) is 29.9 Å². The molecule has 2 saturated heterocycles. The van der Waals surface area contributed by atoms with Crippen LogP contribution in [0.2, 0.25) is 0 Å². The van der Waals surface area contributed by atoms with Crippen molar-refractivity contribution in [1.82, 2.24) is 0 Å². The van der Waals surface area contributed by atoms with Crippen LogP contribution in [0.3, 0.4) is 0 Å². The van der Waals surface area contributed by atoms with E-state index in [0.717, 1.165) is 0 Å². The maximum atomic E-state index is 10.1. The van der Waals surface area contributed by atoms with Crippen LogP contribution in [-0.2, 0) is 28.4 Å². The normalized spacial score (nSPS) is 26.8. The zero-order chi connectivity index (χ0) is 19.7. The Bertz CT molecular complexity index is 474. The molecule has 2 aliphatic heterocycles. The van der Waals surface area contributed by atoms with Gasteiger partial charge in [-0.15, -0.1) is 0 Å². The number of carbonyl (C=O) groups is 4. The van der Waals surface area contributed by atoms with Crippen LogP contribution in [0.25, 0.3) is 0 Å². The fourth-order valence-electron chi connectivity index (χ4n) is 1.97. The summed E-state index contributed by atoms with van der Waals surface area (Å²) in [7, 11) is 0. The molecule has 4 unspecified atom stereocenters. The predicted molar refractivity (Wildman–Crippen MR) is 72.5 cm³/mol. The van der Waals surface area contributed by atoms with Gasteiger partial charge in [0.25, 0.3) is 0 Å². The lowest BCUT2D eigenvalue weighted by atomic mass is 10.3. The molecule has 4 atom stereocenters. The Labute approximate surface area is 144 Å². The van der Waals surface area contributed by atoms with Crippen LogP contribution in [0.15, 0.2) is 0 Å². The quantitative estimate of drug-likeness (QED) is 0.398. The molecule has 2 aliphatic rings. The molecule has 0 aromatic heterocycles. The maximum absolute atomic E-state index is 10.1. The van der Waals surface area contributed by atoms with Crippen LogP contribution in [0.4, 0.5) is 19.2 Å². The Morgan fingerprint density at radius 3 is 1.58 bits per heavy atom. The molecule has 0 saturated carbocycles. The Balaban J connectivity index is 0.000000260. The maximum Gasteiger partial charge on any atom is 0.508 e. The van der Waals surface area contributed by atoms with Gasteiger partial charge < -0.3 is 48.8 Å². The van der Waals surface area contributed by atoms with Crippen LogP contribution in [0.5, 0.6) is 0 Å². The molecular weight excluding hydrogens is 368 g/mol. The summed E-state index contributed by atoms with van der Waals surface area (Å²) < 4.78 is 26.6. The number of rotatable bonds is 4. The van der Waals surface area contributed by atoms with Crippen molar-refractivity contribution in [3.8, 4) is 0 Å². The lowest BCUT2D eigenvalue weighted by Crippen LogP contribution is -2.30. The van der Waals surface area contributed by atoms with E-state index in [1.807, 2.05) is 0 Å². The number of ether oxygens (including phenoxy) is 6. The van der Waals surface area contributed by atoms with Gasteiger partial charge in [-0.2, -0.15) is 0 Å². The van der Waals surface area contributed by atoms with Crippen molar-refractivity contribution in [2.75, 3.05) is 6.61 Å². The topological polar surface area (TPSA) is 205 Å². The molecule has 14 nitrogen and oxygen atoms in total. The average molecular weight is 384 g/mol. The lowest BCUT2D eigenvalue weighted by molar-refractivity contribution is -0.173. The SMILES string of the molecule is O=C(O)OC1CCC(OC(=O)O)O1.O=C(O)OC1CCOC1OC(=O)O. The van der Waals surface area contributed by atoms with Crippen molar-refractivity contribution in [3.05, 3.63) is 0 Å². The summed E-state index contributed by atoms with van der Waals surface area (Å²) in [5, 5.41) is 32.8. The highest BCUT2D eigenvalue weighted by atomic mass is 16.8. The molecule has 0 radical (unpaired) electrons. The fraction of sp³-hybridized carbons (Fsp3) is 0.667. The van der Waals surface area contributed by atoms with Crippen LogP contribution in [0, 0.1) is 0 Å². The Hall–Kier alpha value is -3.00. The molecule has 26 heavy (non-hydrogen) atoms. The number of hydrogen-bond acceptors (Lipinski definition) is 10. The summed E-state index contributed by atoms with van der Waals surface area (Å²) >= 11 is 0. The van der Waals surface area contributed by atoms with Crippen LogP contribution in [0.1, 0.15) is 19.3 Å². The van der Waals surface area contributed by atoms with E-state index in [9.17, 15) is 19.2 Å². The summed E-state index contributed by atoms with van der Waals surface area (Å²) in [6.07, 6.45) is -8.90. The zero-order valence-electron chi connectivity index (χ0n) is 13.0. The molecule has 0 aromatic carbocycles. The molecule has 14 heteroatoms. The smallest absolute Gasteiger partial charge is 0.450 e. The van der Waals surface area contributed by atoms with E-state index in [0.29, 0.717) is 19.3 Å². The molecule has 4 N–H and O–H groups in total. The fourth-order valence-corrected chi connectivity index (χ4v) is 1.97. The Kier molecular flexibility index (Phi) is 8.17. The first kappa shape index (κ1) is 21.0. The largest absolute Gasteiger partial charge is 0.508 e. The second kappa shape index (κ2) is 10.1. The third-order valence-electron chi connectivity index (χ3n) is 2.86. The molecule has 0 aromatic rings. The Morgan fingerprint density at radius 2 is 1.15 bits per heavy atom. The van der Waals surface area contributed by atoms with E-state index in [1.165, 1.54) is 0 Å². The zero-order valence-corrected chi connectivity index (χ0v) is 13.0. The summed E-state index contributed by atoms with van der Waals surface area (Å²) in [6.45, 7) is 0.218. The van der Waals surface area contributed by atoms with Gasteiger partial charge in [0, 0.05) is 19.3 Å². The third-order valence-corrected chi connectivity index (χ3v) is 2.86. The molecule has 0 bridgehead atoms. The van der Waals surface area contributed by atoms with Crippen molar-refractivity contribution in [2.45, 2.75) is 44.2 Å². The van der Waals surface area contributed by atoms with Gasteiger partial charge in [0.1, 0.15) is 0 Å². The highest BCUT2D eigenvalue weighted by molar-refractivity contribution is 5.58. The minimum atomic E-state index is -1.52. The van der Waals surface area contributed by atoms with Crippen LogP contribution in [-0.4, -0.2) is 76.6 Å². The first-order valence-electron chi connectivity index (χ1n) is 7.02. The molecule has 0 spiro atoms. The average Bonchev–Trinajstić information content (AvgIpc) is 3.07. The second-order valence-corrected chi connectivity index (χ2v) is 4.67. The van der Waals surface area contributed by atoms with Gasteiger partial charge in [0.05, 0.1) is 6.61 Å². The standard InChI is InChI=1S/2C6H8O7/c7-5(8)12-3-1-2-11-4(3)13-6(9)10;7-5(8)12-3-1-2-4(11-3)13-6(9)10/h2*3-4H,1-2H2,(H,7,8)(H,9,10). The van der Waals surface area contributed by atoms with E-state index in [-0.39, 0.29) is 6.61 Å². The van der Waals surface area contributed by atoms with Crippen molar-refractivity contribution in [3.63, 3.8) is 0 Å². The first-order valence-corrected chi connectivity index (χ1v) is 7.02. The third kappa shape index (κ3) is 8.20. The van der Waals surface area contributed by atoms with E-state index in [1.54, 1.807) is 0 Å². The van der Waals surface area contributed by atoms with E-state index < -0.39 is 49.6 Å². The van der Waals surface area contributed by atoms with Crippen molar-refractivity contribution < 1.29 is 68.0 Å². The molecular formula is C12H16O14. The van der Waals surface area contributed by atoms with Crippen LogP contribution >= 0.6 is 0 Å². The van der Waals surface area contributed by atoms with Crippen molar-refractivity contribution in [2.24, 2.45) is 0 Å². The Morgan fingerprint density at radius 1 is 0.692 bits per heavy atom. The molecule has 2 fully saturated rings. The highest BCUT2D eigenvalue weighted by Crippen LogP contribution is 2.21. The second-order valence-electron chi connectivity index (χ2n) is 4.67. The van der Waals surface area contributed by atoms with Crippen LogP contribution < -0.4 is 0 Å². The monoisotopic (exact) mass is 384 g/mol. The minimum Gasteiger partial charge on any atom is -0.450 e. The molecule has 148 valence electrons. The van der Waals surface area contributed by atoms with Gasteiger partial charge in [0.15, 0.2) is 6.10 Å². The summed E-state index contributed by atoms with van der Waals surface area (Å²) in [5.74, 6) is 0. The van der Waals surface area contributed by atoms with Crippen molar-refractivity contribution >= 4 is 24.6 Å². The molecule has 2 heterocycles. The minimum absolute atomic E-state index is 0.218. The van der Waals surface area contributed by atoms with E-state index >= 15 is 0 Å².